The second-order valence-electron chi connectivity index (χ2n) is 4.50. The van der Waals surface area contributed by atoms with E-state index < -0.39 is 0 Å². The normalized spacial score (nSPS) is 14.6. The number of hydrogen-bond donors (Lipinski definition) is 1. The van der Waals surface area contributed by atoms with Crippen molar-refractivity contribution < 1.29 is 0 Å². The second kappa shape index (κ2) is 4.17. The highest BCUT2D eigenvalue weighted by atomic mass is 15.1. The zero-order valence-electron chi connectivity index (χ0n) is 9.85. The van der Waals surface area contributed by atoms with Gasteiger partial charge >= 0.3 is 0 Å². The molecule has 1 saturated carbocycles. The molecule has 0 amide bonds. The molecule has 3 rings (SSSR count). The van der Waals surface area contributed by atoms with E-state index in [0.717, 1.165) is 22.9 Å². The molecule has 0 atom stereocenters. The Morgan fingerprint density at radius 2 is 1.88 bits per heavy atom. The van der Waals surface area contributed by atoms with E-state index in [9.17, 15) is 0 Å². The van der Waals surface area contributed by atoms with Gasteiger partial charge in [0, 0.05) is 23.4 Å². The zero-order chi connectivity index (χ0) is 11.7. The highest BCUT2D eigenvalue weighted by Gasteiger charge is 2.21. The zero-order valence-corrected chi connectivity index (χ0v) is 9.85. The summed E-state index contributed by atoms with van der Waals surface area (Å²) >= 11 is 0. The van der Waals surface area contributed by atoms with Crippen LogP contribution in [0.15, 0.2) is 36.4 Å². The first-order valence-electron chi connectivity index (χ1n) is 5.99. The van der Waals surface area contributed by atoms with Gasteiger partial charge in [-0.2, -0.15) is 0 Å². The van der Waals surface area contributed by atoms with Gasteiger partial charge in [-0.15, -0.1) is 0 Å². The molecule has 0 aliphatic heterocycles. The van der Waals surface area contributed by atoms with Gasteiger partial charge in [0.1, 0.15) is 5.82 Å². The van der Waals surface area contributed by atoms with E-state index in [2.05, 4.69) is 15.3 Å². The summed E-state index contributed by atoms with van der Waals surface area (Å²) in [5.74, 6) is 1.74. The predicted molar refractivity (Wildman–Crippen MR) is 68.8 cm³/mol. The SMILES string of the molecule is Cc1cc(NC2CC2)nc(-c2ccccc2)n1. The minimum Gasteiger partial charge on any atom is -0.367 e. The molecule has 1 aliphatic rings. The summed E-state index contributed by atoms with van der Waals surface area (Å²) in [7, 11) is 0. The maximum absolute atomic E-state index is 4.56. The van der Waals surface area contributed by atoms with Gasteiger partial charge in [-0.3, -0.25) is 0 Å². The average Bonchev–Trinajstić information content (AvgIpc) is 3.13. The maximum atomic E-state index is 4.56. The average molecular weight is 225 g/mol. The van der Waals surface area contributed by atoms with Crippen molar-refractivity contribution in [3.05, 3.63) is 42.1 Å². The Labute approximate surface area is 101 Å². The maximum Gasteiger partial charge on any atom is 0.161 e. The van der Waals surface area contributed by atoms with Crippen molar-refractivity contribution in [3.8, 4) is 11.4 Å². The van der Waals surface area contributed by atoms with Gasteiger partial charge in [0.15, 0.2) is 5.82 Å². The first kappa shape index (κ1) is 10.3. The van der Waals surface area contributed by atoms with Crippen LogP contribution in [0.3, 0.4) is 0 Å². The molecule has 17 heavy (non-hydrogen) atoms. The van der Waals surface area contributed by atoms with E-state index in [1.807, 2.05) is 43.3 Å². The summed E-state index contributed by atoms with van der Waals surface area (Å²) in [4.78, 5) is 9.04. The van der Waals surface area contributed by atoms with E-state index >= 15 is 0 Å². The van der Waals surface area contributed by atoms with E-state index in [1.165, 1.54) is 12.8 Å². The predicted octanol–water partition coefficient (Wildman–Crippen LogP) is 3.03. The van der Waals surface area contributed by atoms with Crippen LogP contribution in [0.1, 0.15) is 18.5 Å². The molecule has 0 bridgehead atoms. The van der Waals surface area contributed by atoms with E-state index in [4.69, 9.17) is 0 Å². The Balaban J connectivity index is 1.95. The summed E-state index contributed by atoms with van der Waals surface area (Å²) in [5.41, 5.74) is 2.07. The molecule has 1 aliphatic carbocycles. The molecule has 1 aromatic carbocycles. The fourth-order valence-corrected chi connectivity index (χ4v) is 1.80. The quantitative estimate of drug-likeness (QED) is 0.872. The van der Waals surface area contributed by atoms with Crippen LogP contribution < -0.4 is 5.32 Å². The summed E-state index contributed by atoms with van der Waals surface area (Å²) in [6.45, 7) is 2.01. The Kier molecular flexibility index (Phi) is 2.52. The summed E-state index contributed by atoms with van der Waals surface area (Å²) in [6.07, 6.45) is 2.51. The van der Waals surface area contributed by atoms with Crippen molar-refractivity contribution in [2.45, 2.75) is 25.8 Å². The van der Waals surface area contributed by atoms with Crippen molar-refractivity contribution >= 4 is 5.82 Å². The number of nitrogens with zero attached hydrogens (tertiary/aromatic N) is 2. The molecule has 1 N–H and O–H groups in total. The molecule has 3 heteroatoms. The summed E-state index contributed by atoms with van der Waals surface area (Å²) in [6, 6.07) is 12.7. The number of nitrogens with one attached hydrogen (secondary N) is 1. The topological polar surface area (TPSA) is 37.8 Å². The first-order chi connectivity index (χ1) is 8.31. The van der Waals surface area contributed by atoms with Gasteiger partial charge in [-0.1, -0.05) is 30.3 Å². The van der Waals surface area contributed by atoms with Crippen molar-refractivity contribution in [3.63, 3.8) is 0 Å². The molecule has 86 valence electrons. The number of benzene rings is 1. The van der Waals surface area contributed by atoms with E-state index in [-0.39, 0.29) is 0 Å². The first-order valence-corrected chi connectivity index (χ1v) is 5.99. The number of aryl methyl sites for hydroxylation is 1. The highest BCUT2D eigenvalue weighted by Crippen LogP contribution is 2.25. The number of anilines is 1. The molecule has 2 aromatic rings. The molecule has 1 heterocycles. The lowest BCUT2D eigenvalue weighted by Gasteiger charge is -2.07. The molecular formula is C14H15N3. The highest BCUT2D eigenvalue weighted by molar-refractivity contribution is 5.57. The fraction of sp³-hybridized carbons (Fsp3) is 0.286. The number of hydrogen-bond acceptors (Lipinski definition) is 3. The third-order valence-electron chi connectivity index (χ3n) is 2.82. The lowest BCUT2D eigenvalue weighted by atomic mass is 10.2. The van der Waals surface area contributed by atoms with Crippen LogP contribution in [0, 0.1) is 6.92 Å². The minimum atomic E-state index is 0.618. The smallest absolute Gasteiger partial charge is 0.161 e. The Morgan fingerprint density at radius 1 is 1.12 bits per heavy atom. The molecule has 1 aromatic heterocycles. The van der Waals surface area contributed by atoms with Crippen LogP contribution in [0.5, 0.6) is 0 Å². The van der Waals surface area contributed by atoms with E-state index in [0.29, 0.717) is 6.04 Å². The molecule has 0 unspecified atom stereocenters. The second-order valence-corrected chi connectivity index (χ2v) is 4.50. The van der Waals surface area contributed by atoms with Crippen LogP contribution in [0.25, 0.3) is 11.4 Å². The van der Waals surface area contributed by atoms with Gasteiger partial charge in [-0.05, 0) is 19.8 Å². The standard InChI is InChI=1S/C14H15N3/c1-10-9-13(16-12-7-8-12)17-14(15-10)11-5-3-2-4-6-11/h2-6,9,12H,7-8H2,1H3,(H,15,16,17). The van der Waals surface area contributed by atoms with Crippen molar-refractivity contribution in [2.24, 2.45) is 0 Å². The van der Waals surface area contributed by atoms with Crippen LogP contribution >= 0.6 is 0 Å². The summed E-state index contributed by atoms with van der Waals surface area (Å²) in [5, 5.41) is 3.42. The third kappa shape index (κ3) is 2.44. The molecule has 0 saturated heterocycles. The van der Waals surface area contributed by atoms with Crippen LogP contribution in [-0.2, 0) is 0 Å². The molecule has 1 fully saturated rings. The molecular weight excluding hydrogens is 210 g/mol. The van der Waals surface area contributed by atoms with Crippen molar-refractivity contribution in [1.29, 1.82) is 0 Å². The van der Waals surface area contributed by atoms with Gasteiger partial charge < -0.3 is 5.32 Å². The van der Waals surface area contributed by atoms with E-state index in [1.54, 1.807) is 0 Å². The van der Waals surface area contributed by atoms with Crippen LogP contribution in [0.2, 0.25) is 0 Å². The number of aromatic nitrogens is 2. The summed E-state index contributed by atoms with van der Waals surface area (Å²) < 4.78 is 0. The lowest BCUT2D eigenvalue weighted by Crippen LogP contribution is -2.05. The Hall–Kier alpha value is -1.90. The van der Waals surface area contributed by atoms with Gasteiger partial charge in [0.2, 0.25) is 0 Å². The monoisotopic (exact) mass is 225 g/mol. The Bertz CT molecular complexity index is 518. The van der Waals surface area contributed by atoms with Crippen molar-refractivity contribution in [1.82, 2.24) is 9.97 Å². The largest absolute Gasteiger partial charge is 0.367 e. The van der Waals surface area contributed by atoms with Gasteiger partial charge in [0.25, 0.3) is 0 Å². The van der Waals surface area contributed by atoms with Crippen LogP contribution in [0.4, 0.5) is 5.82 Å². The molecule has 0 spiro atoms. The fourth-order valence-electron chi connectivity index (χ4n) is 1.80. The van der Waals surface area contributed by atoms with Crippen LogP contribution in [-0.4, -0.2) is 16.0 Å². The van der Waals surface area contributed by atoms with Gasteiger partial charge in [0.05, 0.1) is 0 Å². The number of rotatable bonds is 3. The van der Waals surface area contributed by atoms with Gasteiger partial charge in [-0.25, -0.2) is 9.97 Å². The lowest BCUT2D eigenvalue weighted by molar-refractivity contribution is 1.06. The minimum absolute atomic E-state index is 0.618. The Morgan fingerprint density at radius 3 is 2.59 bits per heavy atom. The van der Waals surface area contributed by atoms with Crippen molar-refractivity contribution in [2.75, 3.05) is 5.32 Å². The molecule has 3 nitrogen and oxygen atoms in total. The third-order valence-corrected chi connectivity index (χ3v) is 2.82. The molecule has 0 radical (unpaired) electrons.